The predicted molar refractivity (Wildman–Crippen MR) is 78.5 cm³/mol. The monoisotopic (exact) mass is 287 g/mol. The molecule has 1 aromatic heterocycles. The lowest BCUT2D eigenvalue weighted by Gasteiger charge is -2.13. The summed E-state index contributed by atoms with van der Waals surface area (Å²) in [5, 5.41) is 14.7. The summed E-state index contributed by atoms with van der Waals surface area (Å²) in [6, 6.07) is 6.05. The molecular formula is C16H21N3O2. The van der Waals surface area contributed by atoms with Crippen molar-refractivity contribution in [2.45, 2.75) is 46.1 Å². The lowest BCUT2D eigenvalue weighted by molar-refractivity contribution is 0.134. The van der Waals surface area contributed by atoms with E-state index in [1.165, 1.54) is 11.1 Å². The molecule has 2 aromatic rings. The summed E-state index contributed by atoms with van der Waals surface area (Å²) in [6.07, 6.45) is 1.47. The fourth-order valence-corrected chi connectivity index (χ4v) is 2.63. The summed E-state index contributed by atoms with van der Waals surface area (Å²) in [7, 11) is 0. The van der Waals surface area contributed by atoms with Gasteiger partial charge in [-0.15, -0.1) is 0 Å². The summed E-state index contributed by atoms with van der Waals surface area (Å²) in [6.45, 7) is 6.42. The Kier molecular flexibility index (Phi) is 4.03. The van der Waals surface area contributed by atoms with Crippen molar-refractivity contribution in [3.8, 4) is 0 Å². The van der Waals surface area contributed by atoms with Crippen molar-refractivity contribution in [3.05, 3.63) is 47.0 Å². The molecule has 0 amide bonds. The average Bonchev–Trinajstić information content (AvgIpc) is 3.06. The van der Waals surface area contributed by atoms with Crippen LogP contribution in [0, 0.1) is 5.92 Å². The highest BCUT2D eigenvalue weighted by Gasteiger charge is 2.17. The predicted octanol–water partition coefficient (Wildman–Crippen LogP) is 2.24. The van der Waals surface area contributed by atoms with Gasteiger partial charge in [-0.2, -0.15) is 5.10 Å². The maximum Gasteiger partial charge on any atom is 0.138 e. The number of nitrogens with zero attached hydrogens (tertiary/aromatic N) is 3. The highest BCUT2D eigenvalue weighted by atomic mass is 16.5. The molecule has 1 unspecified atom stereocenters. The van der Waals surface area contributed by atoms with Crippen LogP contribution in [0.4, 0.5) is 0 Å². The highest BCUT2D eigenvalue weighted by molar-refractivity contribution is 5.34. The number of ether oxygens (including phenoxy) is 1. The molecule has 5 heteroatoms. The SMILES string of the molecule is CC(C)Cn1ncnc1CC(O)c1ccc2c(c1)COC2. The number of aromatic nitrogens is 3. The first kappa shape index (κ1) is 14.2. The van der Waals surface area contributed by atoms with Crippen LogP contribution < -0.4 is 0 Å². The first-order valence-corrected chi connectivity index (χ1v) is 7.37. The number of benzene rings is 1. The van der Waals surface area contributed by atoms with Crippen LogP contribution in [0.25, 0.3) is 0 Å². The van der Waals surface area contributed by atoms with Crippen LogP contribution in [0.1, 0.15) is 42.5 Å². The Balaban J connectivity index is 1.74. The largest absolute Gasteiger partial charge is 0.388 e. The number of aliphatic hydroxyl groups excluding tert-OH is 1. The Labute approximate surface area is 124 Å². The van der Waals surface area contributed by atoms with E-state index in [-0.39, 0.29) is 0 Å². The zero-order valence-corrected chi connectivity index (χ0v) is 12.5. The first-order chi connectivity index (χ1) is 10.1. The van der Waals surface area contributed by atoms with E-state index in [4.69, 9.17) is 4.74 Å². The summed E-state index contributed by atoms with van der Waals surface area (Å²) in [4.78, 5) is 4.27. The van der Waals surface area contributed by atoms with E-state index >= 15 is 0 Å². The Morgan fingerprint density at radius 2 is 2.10 bits per heavy atom. The molecule has 0 saturated heterocycles. The van der Waals surface area contributed by atoms with Crippen LogP contribution in [0.15, 0.2) is 24.5 Å². The minimum absolute atomic E-state index is 0.479. The van der Waals surface area contributed by atoms with E-state index in [2.05, 4.69) is 23.9 Å². The van der Waals surface area contributed by atoms with Crippen molar-refractivity contribution in [1.29, 1.82) is 0 Å². The van der Waals surface area contributed by atoms with Crippen LogP contribution in [0.2, 0.25) is 0 Å². The van der Waals surface area contributed by atoms with Crippen LogP contribution in [-0.4, -0.2) is 19.9 Å². The molecule has 112 valence electrons. The minimum Gasteiger partial charge on any atom is -0.388 e. The number of rotatable bonds is 5. The summed E-state index contributed by atoms with van der Waals surface area (Å²) >= 11 is 0. The molecule has 3 rings (SSSR count). The fraction of sp³-hybridized carbons (Fsp3) is 0.500. The van der Waals surface area contributed by atoms with E-state index in [0.717, 1.165) is 17.9 Å². The van der Waals surface area contributed by atoms with Gasteiger partial charge in [0.25, 0.3) is 0 Å². The van der Waals surface area contributed by atoms with Gasteiger partial charge in [0.1, 0.15) is 12.2 Å². The van der Waals surface area contributed by atoms with Crippen molar-refractivity contribution in [3.63, 3.8) is 0 Å². The molecule has 1 aliphatic rings. The van der Waals surface area contributed by atoms with E-state index in [1.54, 1.807) is 6.33 Å². The topological polar surface area (TPSA) is 60.2 Å². The van der Waals surface area contributed by atoms with Crippen LogP contribution in [0.5, 0.6) is 0 Å². The van der Waals surface area contributed by atoms with Gasteiger partial charge in [0, 0.05) is 13.0 Å². The summed E-state index contributed by atoms with van der Waals surface area (Å²) in [5.41, 5.74) is 3.31. The van der Waals surface area contributed by atoms with Crippen LogP contribution >= 0.6 is 0 Å². The van der Waals surface area contributed by atoms with Crippen molar-refractivity contribution >= 4 is 0 Å². The van der Waals surface area contributed by atoms with Crippen molar-refractivity contribution in [1.82, 2.24) is 14.8 Å². The van der Waals surface area contributed by atoms with Gasteiger partial charge in [-0.25, -0.2) is 9.67 Å². The smallest absolute Gasteiger partial charge is 0.138 e. The molecule has 0 spiro atoms. The van der Waals surface area contributed by atoms with Gasteiger partial charge in [-0.1, -0.05) is 32.0 Å². The number of hydrogen-bond acceptors (Lipinski definition) is 4. The summed E-state index contributed by atoms with van der Waals surface area (Å²) < 4.78 is 7.29. The van der Waals surface area contributed by atoms with Crippen molar-refractivity contribution < 1.29 is 9.84 Å². The van der Waals surface area contributed by atoms with Crippen molar-refractivity contribution in [2.75, 3.05) is 0 Å². The third-order valence-electron chi connectivity index (χ3n) is 3.74. The van der Waals surface area contributed by atoms with E-state index < -0.39 is 6.10 Å². The molecule has 2 heterocycles. The maximum atomic E-state index is 10.5. The number of fused-ring (bicyclic) bond motifs is 1. The highest BCUT2D eigenvalue weighted by Crippen LogP contribution is 2.25. The minimum atomic E-state index is -0.564. The normalized spacial score (nSPS) is 15.4. The fourth-order valence-electron chi connectivity index (χ4n) is 2.63. The third kappa shape index (κ3) is 3.14. The van der Waals surface area contributed by atoms with Crippen LogP contribution in [-0.2, 0) is 30.9 Å². The number of aliphatic hydroxyl groups is 1. The molecular weight excluding hydrogens is 266 g/mol. The Bertz CT molecular complexity index is 622. The Hall–Kier alpha value is -1.72. The second-order valence-electron chi connectivity index (χ2n) is 5.99. The molecule has 21 heavy (non-hydrogen) atoms. The van der Waals surface area contributed by atoms with E-state index in [0.29, 0.717) is 25.6 Å². The number of hydrogen-bond donors (Lipinski definition) is 1. The zero-order valence-electron chi connectivity index (χ0n) is 12.5. The molecule has 0 radical (unpaired) electrons. The lowest BCUT2D eigenvalue weighted by Crippen LogP contribution is -2.13. The Morgan fingerprint density at radius 3 is 2.90 bits per heavy atom. The van der Waals surface area contributed by atoms with Crippen molar-refractivity contribution in [2.24, 2.45) is 5.92 Å². The lowest BCUT2D eigenvalue weighted by atomic mass is 10.0. The molecule has 1 atom stereocenters. The van der Waals surface area contributed by atoms with Gasteiger partial charge in [0.05, 0.1) is 19.3 Å². The van der Waals surface area contributed by atoms with Gasteiger partial charge < -0.3 is 9.84 Å². The molecule has 5 nitrogen and oxygen atoms in total. The van der Waals surface area contributed by atoms with Gasteiger partial charge >= 0.3 is 0 Å². The molecule has 0 saturated carbocycles. The zero-order chi connectivity index (χ0) is 14.8. The molecule has 0 aliphatic carbocycles. The maximum absolute atomic E-state index is 10.5. The van der Waals surface area contributed by atoms with Crippen LogP contribution in [0.3, 0.4) is 0 Å². The van der Waals surface area contributed by atoms with Gasteiger partial charge in [-0.05, 0) is 22.6 Å². The molecule has 1 aromatic carbocycles. The summed E-state index contributed by atoms with van der Waals surface area (Å²) in [5.74, 6) is 1.33. The molecule has 0 fully saturated rings. The third-order valence-corrected chi connectivity index (χ3v) is 3.74. The second-order valence-corrected chi connectivity index (χ2v) is 5.99. The quantitative estimate of drug-likeness (QED) is 0.916. The Morgan fingerprint density at radius 1 is 1.29 bits per heavy atom. The standard InChI is InChI=1S/C16H21N3O2/c1-11(2)7-19-16(17-10-18-19)6-15(20)12-3-4-13-8-21-9-14(13)5-12/h3-5,10-11,15,20H,6-9H2,1-2H3. The molecule has 1 aliphatic heterocycles. The first-order valence-electron chi connectivity index (χ1n) is 7.37. The second kappa shape index (κ2) is 5.95. The van der Waals surface area contributed by atoms with Gasteiger partial charge in [0.15, 0.2) is 0 Å². The molecule has 1 N–H and O–H groups in total. The van der Waals surface area contributed by atoms with Gasteiger partial charge in [0.2, 0.25) is 0 Å². The molecule has 0 bridgehead atoms. The van der Waals surface area contributed by atoms with E-state index in [1.807, 2.05) is 22.9 Å². The average molecular weight is 287 g/mol. The van der Waals surface area contributed by atoms with E-state index in [9.17, 15) is 5.11 Å². The van der Waals surface area contributed by atoms with Gasteiger partial charge in [-0.3, -0.25) is 0 Å².